The van der Waals surface area contributed by atoms with Gasteiger partial charge in [-0.3, -0.25) is 28.8 Å². The lowest BCUT2D eigenvalue weighted by atomic mass is 9.81. The number of pyridine rings is 1. The second kappa shape index (κ2) is 15.9. The molecule has 1 aliphatic rings. The van der Waals surface area contributed by atoms with E-state index in [2.05, 4.69) is 10.3 Å². The molecule has 4 rings (SSSR count). The molecule has 1 aromatic heterocycles. The van der Waals surface area contributed by atoms with E-state index in [1.54, 1.807) is 44.2 Å². The number of nitrogens with zero attached hydrogens (tertiary/aromatic N) is 1. The first-order valence-corrected chi connectivity index (χ1v) is 15.4. The predicted molar refractivity (Wildman–Crippen MR) is 172 cm³/mol. The smallest absolute Gasteiger partial charge is 0.308 e. The predicted octanol–water partition coefficient (Wildman–Crippen LogP) is 3.52. The van der Waals surface area contributed by atoms with Gasteiger partial charge < -0.3 is 24.3 Å². The summed E-state index contributed by atoms with van der Waals surface area (Å²) in [5.74, 6) is -8.83. The van der Waals surface area contributed by atoms with Crippen LogP contribution in [0.5, 0.6) is 17.2 Å². The van der Waals surface area contributed by atoms with E-state index in [-0.39, 0.29) is 36.0 Å². The Kier molecular flexibility index (Phi) is 11.8. The number of carbonyl (C=O) groups excluding carboxylic acids is 6. The average Bonchev–Trinajstić information content (AvgIpc) is 3.11. The fourth-order valence-corrected chi connectivity index (χ4v) is 5.33. The lowest BCUT2D eigenvalue weighted by Gasteiger charge is -2.29. The van der Waals surface area contributed by atoms with E-state index in [9.17, 15) is 28.8 Å². The van der Waals surface area contributed by atoms with E-state index in [4.69, 9.17) is 18.9 Å². The summed E-state index contributed by atoms with van der Waals surface area (Å²) >= 11 is 0. The molecule has 1 fully saturated rings. The van der Waals surface area contributed by atoms with E-state index in [1.165, 1.54) is 27.3 Å². The zero-order valence-corrected chi connectivity index (χ0v) is 27.4. The van der Waals surface area contributed by atoms with Crippen molar-refractivity contribution in [1.82, 2.24) is 10.3 Å². The maximum absolute atomic E-state index is 13.8. The molecule has 4 atom stereocenters. The van der Waals surface area contributed by atoms with Crippen molar-refractivity contribution in [3.63, 3.8) is 0 Å². The summed E-state index contributed by atoms with van der Waals surface area (Å²) in [6.07, 6.45) is -1.02. The maximum Gasteiger partial charge on any atom is 0.308 e. The minimum atomic E-state index is -1.72. The number of amides is 1. The molecule has 1 aliphatic carbocycles. The highest BCUT2D eigenvalue weighted by atomic mass is 16.5. The van der Waals surface area contributed by atoms with Crippen molar-refractivity contribution in [2.75, 3.05) is 14.2 Å². The van der Waals surface area contributed by atoms with E-state index >= 15 is 0 Å². The van der Waals surface area contributed by atoms with Crippen LogP contribution < -0.4 is 19.5 Å². The largest absolute Gasteiger partial charge is 0.491 e. The summed E-state index contributed by atoms with van der Waals surface area (Å²) in [7, 11) is 2.72. The minimum Gasteiger partial charge on any atom is -0.491 e. The number of esters is 1. The zero-order valence-electron chi connectivity index (χ0n) is 27.4. The molecule has 12 nitrogen and oxygen atoms in total. The number of hydrogen-bond acceptors (Lipinski definition) is 11. The third-order valence-corrected chi connectivity index (χ3v) is 8.01. The van der Waals surface area contributed by atoms with Gasteiger partial charge in [-0.15, -0.1) is 0 Å². The van der Waals surface area contributed by atoms with Crippen molar-refractivity contribution in [1.29, 1.82) is 0 Å². The number of methoxy groups -OCH3 is 2. The van der Waals surface area contributed by atoms with Crippen molar-refractivity contribution in [3.8, 4) is 17.2 Å². The number of ether oxygens (including phenoxy) is 4. The average molecular weight is 659 g/mol. The molecule has 0 bridgehead atoms. The summed E-state index contributed by atoms with van der Waals surface area (Å²) in [6.45, 7) is 4.54. The third-order valence-electron chi connectivity index (χ3n) is 8.01. The van der Waals surface area contributed by atoms with Crippen LogP contribution in [0.3, 0.4) is 0 Å². The Labute approximate surface area is 278 Å². The highest BCUT2D eigenvalue weighted by molar-refractivity contribution is 6.44. The number of benzene rings is 2. The molecule has 12 heteroatoms. The Hall–Kier alpha value is -5.39. The highest BCUT2D eigenvalue weighted by Crippen LogP contribution is 2.39. The van der Waals surface area contributed by atoms with Gasteiger partial charge in [-0.1, -0.05) is 81.4 Å². The number of Topliss-reactive ketones (excluding diaryl/α,β-unsaturated/α-hetero) is 4. The van der Waals surface area contributed by atoms with Crippen LogP contribution in [0.4, 0.5) is 0 Å². The van der Waals surface area contributed by atoms with Gasteiger partial charge in [0.25, 0.3) is 5.91 Å². The molecular weight excluding hydrogens is 620 g/mol. The van der Waals surface area contributed by atoms with Crippen LogP contribution in [0, 0.1) is 17.8 Å². The molecule has 3 aromatic rings. The van der Waals surface area contributed by atoms with Gasteiger partial charge >= 0.3 is 5.97 Å². The first kappa shape index (κ1) is 35.5. The maximum atomic E-state index is 13.8. The van der Waals surface area contributed by atoms with Gasteiger partial charge in [0.05, 0.1) is 38.2 Å². The Balaban J connectivity index is 1.69. The molecule has 2 aromatic carbocycles. The monoisotopic (exact) mass is 658 g/mol. The summed E-state index contributed by atoms with van der Waals surface area (Å²) < 4.78 is 22.4. The van der Waals surface area contributed by atoms with Gasteiger partial charge in [0, 0.05) is 6.42 Å². The second-order valence-electron chi connectivity index (χ2n) is 11.7. The second-order valence-corrected chi connectivity index (χ2v) is 11.7. The number of carbonyl (C=O) groups is 6. The van der Waals surface area contributed by atoms with Crippen LogP contribution in [0.25, 0.3) is 0 Å². The molecular formula is C36H38N2O10. The Morgan fingerprint density at radius 2 is 1.48 bits per heavy atom. The van der Waals surface area contributed by atoms with Crippen molar-refractivity contribution < 1.29 is 47.7 Å². The van der Waals surface area contributed by atoms with Gasteiger partial charge in [-0.2, -0.15) is 0 Å². The third kappa shape index (κ3) is 8.11. The lowest BCUT2D eigenvalue weighted by molar-refractivity contribution is -0.163. The summed E-state index contributed by atoms with van der Waals surface area (Å²) in [4.78, 5) is 85.2. The Morgan fingerprint density at radius 1 is 0.854 bits per heavy atom. The molecule has 1 amide bonds. The molecule has 0 saturated heterocycles. The molecule has 252 valence electrons. The SMILES string of the molecule is COc1cnc(C(=O)N[C@H]2CC(=O)C(=O)[C@H](Cc3ccccc3)[C@H](OC(=O)C(C)C)[C@H](C)C(=O)C2=O)c(OCc2ccccc2)c1OC. The summed E-state index contributed by atoms with van der Waals surface area (Å²) in [5.41, 5.74) is 1.11. The standard InChI is InChI=1S/C36H38N2O10/c1-20(2)36(44)48-32-21(3)29(40)31(42)25(17-26(39)30(41)24(32)16-22-12-8-6-9-13-22)38-35(43)28-34(33(46-5)27(45-4)18-37-28)47-19-23-14-10-7-11-15-23/h6-15,18,20-21,24-25,32H,16-17,19H2,1-5H3,(H,38,43)/t21-,24+,25+,32-/m1/s1. The number of nitrogens with one attached hydrogen (secondary N) is 1. The minimum absolute atomic E-state index is 0.0109. The molecule has 1 saturated carbocycles. The van der Waals surface area contributed by atoms with Gasteiger partial charge in [0.1, 0.15) is 18.8 Å². The number of ketones is 4. The highest BCUT2D eigenvalue weighted by Gasteiger charge is 2.46. The van der Waals surface area contributed by atoms with Gasteiger partial charge in [-0.25, -0.2) is 4.98 Å². The van der Waals surface area contributed by atoms with Crippen molar-refractivity contribution in [2.45, 2.75) is 52.4 Å². The summed E-state index contributed by atoms with van der Waals surface area (Å²) in [6, 6.07) is 16.1. The van der Waals surface area contributed by atoms with Crippen LogP contribution in [0.2, 0.25) is 0 Å². The fraction of sp³-hybridized carbons (Fsp3) is 0.361. The van der Waals surface area contributed by atoms with E-state index in [0.717, 1.165) is 5.56 Å². The number of aromatic nitrogens is 1. The molecule has 48 heavy (non-hydrogen) atoms. The van der Waals surface area contributed by atoms with Crippen molar-refractivity contribution in [2.24, 2.45) is 17.8 Å². The lowest BCUT2D eigenvalue weighted by Crippen LogP contribution is -2.48. The van der Waals surface area contributed by atoms with Gasteiger partial charge in [0.2, 0.25) is 28.9 Å². The van der Waals surface area contributed by atoms with Crippen LogP contribution >= 0.6 is 0 Å². The van der Waals surface area contributed by atoms with Gasteiger partial charge in [0.15, 0.2) is 17.2 Å². The van der Waals surface area contributed by atoms with E-state index in [1.807, 2.05) is 30.3 Å². The van der Waals surface area contributed by atoms with Crippen molar-refractivity contribution in [3.05, 3.63) is 83.7 Å². The molecule has 1 heterocycles. The van der Waals surface area contributed by atoms with Crippen LogP contribution in [-0.4, -0.2) is 66.4 Å². The Bertz CT molecular complexity index is 1670. The van der Waals surface area contributed by atoms with Crippen LogP contribution in [-0.2, 0) is 41.7 Å². The number of rotatable bonds is 11. The molecule has 1 N–H and O–H groups in total. The molecule has 0 aliphatic heterocycles. The zero-order chi connectivity index (χ0) is 35.0. The summed E-state index contributed by atoms with van der Waals surface area (Å²) in [5, 5.41) is 2.42. The quantitative estimate of drug-likeness (QED) is 0.237. The number of hydrogen-bond donors (Lipinski definition) is 1. The van der Waals surface area contributed by atoms with Crippen LogP contribution in [0.15, 0.2) is 66.9 Å². The van der Waals surface area contributed by atoms with E-state index < -0.39 is 71.3 Å². The molecule has 0 radical (unpaired) electrons. The van der Waals surface area contributed by atoms with E-state index in [0.29, 0.717) is 5.56 Å². The Morgan fingerprint density at radius 3 is 2.06 bits per heavy atom. The van der Waals surface area contributed by atoms with Crippen molar-refractivity contribution >= 4 is 35.0 Å². The first-order valence-electron chi connectivity index (χ1n) is 15.4. The first-order chi connectivity index (χ1) is 23.0. The topological polar surface area (TPSA) is 164 Å². The van der Waals surface area contributed by atoms with Crippen LogP contribution in [0.1, 0.15) is 48.8 Å². The van der Waals surface area contributed by atoms with Gasteiger partial charge in [-0.05, 0) is 17.5 Å². The molecule has 0 spiro atoms. The fourth-order valence-electron chi connectivity index (χ4n) is 5.33. The normalized spacial score (nSPS) is 20.0. The molecule has 0 unspecified atom stereocenters.